The van der Waals surface area contributed by atoms with Crippen molar-refractivity contribution in [2.45, 2.75) is 38.8 Å². The fourth-order valence-corrected chi connectivity index (χ4v) is 5.09. The molecule has 10 nitrogen and oxygen atoms in total. The first-order chi connectivity index (χ1) is 16.5. The average Bonchev–Trinajstić information content (AvgIpc) is 2.82. The van der Waals surface area contributed by atoms with Gasteiger partial charge in [0.1, 0.15) is 12.4 Å². The molecule has 2 heterocycles. The Morgan fingerprint density at radius 1 is 1.17 bits per heavy atom. The van der Waals surface area contributed by atoms with Gasteiger partial charge in [-0.25, -0.2) is 8.42 Å². The van der Waals surface area contributed by atoms with Crippen LogP contribution in [0.5, 0.6) is 5.75 Å². The molecule has 0 aliphatic carbocycles. The maximum absolute atomic E-state index is 13.5. The highest BCUT2D eigenvalue weighted by Gasteiger charge is 2.33. The lowest BCUT2D eigenvalue weighted by molar-refractivity contribution is -0.142. The van der Waals surface area contributed by atoms with E-state index in [4.69, 9.17) is 14.2 Å². The Labute approximate surface area is 207 Å². The van der Waals surface area contributed by atoms with Gasteiger partial charge in [-0.15, -0.1) is 0 Å². The molecular formula is C24H37N3O7S. The van der Waals surface area contributed by atoms with E-state index in [1.165, 1.54) is 12.1 Å². The first-order valence-electron chi connectivity index (χ1n) is 11.9. The fraction of sp³-hybridized carbons (Fsp3) is 0.667. The molecule has 0 bridgehead atoms. The highest BCUT2D eigenvalue weighted by Crippen LogP contribution is 2.28. The van der Waals surface area contributed by atoms with Crippen LogP contribution in [0.3, 0.4) is 0 Å². The number of benzene rings is 1. The molecule has 0 unspecified atom stereocenters. The first kappa shape index (κ1) is 27.2. The van der Waals surface area contributed by atoms with Crippen LogP contribution in [0.15, 0.2) is 18.2 Å². The molecule has 3 atom stereocenters. The van der Waals surface area contributed by atoms with Crippen molar-refractivity contribution in [3.8, 4) is 5.75 Å². The van der Waals surface area contributed by atoms with Gasteiger partial charge in [-0.2, -0.15) is 0 Å². The number of nitrogens with one attached hydrogen (secondary N) is 1. The Bertz CT molecular complexity index is 1010. The summed E-state index contributed by atoms with van der Waals surface area (Å²) in [5.41, 5.74) is 0.601. The van der Waals surface area contributed by atoms with Crippen molar-refractivity contribution >= 4 is 27.5 Å². The Morgan fingerprint density at radius 3 is 2.49 bits per heavy atom. The highest BCUT2D eigenvalue weighted by molar-refractivity contribution is 7.92. The molecule has 35 heavy (non-hydrogen) atoms. The van der Waals surface area contributed by atoms with Gasteiger partial charge < -0.3 is 24.0 Å². The van der Waals surface area contributed by atoms with E-state index in [0.717, 1.165) is 6.26 Å². The minimum absolute atomic E-state index is 0.0262. The van der Waals surface area contributed by atoms with Gasteiger partial charge in [-0.1, -0.05) is 6.92 Å². The van der Waals surface area contributed by atoms with Gasteiger partial charge in [0, 0.05) is 58.4 Å². The lowest BCUT2D eigenvalue weighted by Crippen LogP contribution is -2.50. The number of amides is 2. The molecule has 196 valence electrons. The number of hydrogen-bond donors (Lipinski definition) is 1. The molecular weight excluding hydrogens is 474 g/mol. The van der Waals surface area contributed by atoms with E-state index in [1.807, 2.05) is 18.7 Å². The van der Waals surface area contributed by atoms with Crippen LogP contribution in [0.2, 0.25) is 0 Å². The topological polar surface area (TPSA) is 114 Å². The summed E-state index contributed by atoms with van der Waals surface area (Å²) in [7, 11) is -0.211. The van der Waals surface area contributed by atoms with Crippen molar-refractivity contribution in [2.75, 3.05) is 58.0 Å². The molecule has 0 spiro atoms. The largest absolute Gasteiger partial charge is 0.491 e. The Hall–Kier alpha value is -2.37. The number of likely N-dealkylation sites (N-methyl/N-ethyl adjacent to an activating group) is 1. The molecule has 2 amide bonds. The zero-order valence-corrected chi connectivity index (χ0v) is 22.0. The Kier molecular flexibility index (Phi) is 9.00. The van der Waals surface area contributed by atoms with Crippen molar-refractivity contribution in [3.05, 3.63) is 23.8 Å². The molecule has 3 rings (SSSR count). The van der Waals surface area contributed by atoms with Gasteiger partial charge in [0.25, 0.3) is 5.91 Å². The SMILES string of the molecule is CO[C@H]1CN(C)C(=O)c2ccc(NS(C)(=O)=O)cc2OC[C@@H](C)N(C(=O)C2CCOCC2)C[C@H]1C. The number of ether oxygens (including phenoxy) is 3. The molecule has 1 N–H and O–H groups in total. The second kappa shape index (κ2) is 11.6. The third kappa shape index (κ3) is 7.08. The predicted octanol–water partition coefficient (Wildman–Crippen LogP) is 1.82. The average molecular weight is 512 g/mol. The quantitative estimate of drug-likeness (QED) is 0.656. The van der Waals surface area contributed by atoms with Gasteiger partial charge in [0.2, 0.25) is 15.9 Å². The minimum atomic E-state index is -3.51. The molecule has 1 aromatic rings. The maximum Gasteiger partial charge on any atom is 0.257 e. The summed E-state index contributed by atoms with van der Waals surface area (Å²) in [5.74, 6) is -0.0663. The molecule has 11 heteroatoms. The number of rotatable bonds is 4. The lowest BCUT2D eigenvalue weighted by Gasteiger charge is -2.38. The lowest BCUT2D eigenvalue weighted by atomic mass is 9.95. The van der Waals surface area contributed by atoms with Gasteiger partial charge in [-0.05, 0) is 31.9 Å². The van der Waals surface area contributed by atoms with Crippen LogP contribution in [-0.4, -0.2) is 95.5 Å². The van der Waals surface area contributed by atoms with Gasteiger partial charge in [0.05, 0.1) is 29.7 Å². The summed E-state index contributed by atoms with van der Waals surface area (Å²) in [5, 5.41) is 0. The summed E-state index contributed by atoms with van der Waals surface area (Å²) in [6.45, 7) is 6.02. The van der Waals surface area contributed by atoms with Crippen LogP contribution in [0.4, 0.5) is 5.69 Å². The third-order valence-electron chi connectivity index (χ3n) is 6.60. The number of sulfonamides is 1. The number of carbonyl (C=O) groups is 2. The van der Waals surface area contributed by atoms with E-state index < -0.39 is 10.0 Å². The number of carbonyl (C=O) groups excluding carboxylic acids is 2. The smallest absolute Gasteiger partial charge is 0.257 e. The van der Waals surface area contributed by atoms with E-state index in [0.29, 0.717) is 50.4 Å². The molecule has 0 aromatic heterocycles. The maximum atomic E-state index is 13.5. The zero-order valence-electron chi connectivity index (χ0n) is 21.2. The molecule has 1 saturated heterocycles. The van der Waals surface area contributed by atoms with Crippen molar-refractivity contribution in [2.24, 2.45) is 11.8 Å². The molecule has 2 aliphatic heterocycles. The second-order valence-electron chi connectivity index (χ2n) is 9.56. The predicted molar refractivity (Wildman–Crippen MR) is 132 cm³/mol. The van der Waals surface area contributed by atoms with Crippen LogP contribution in [0.25, 0.3) is 0 Å². The van der Waals surface area contributed by atoms with Crippen molar-refractivity contribution in [3.63, 3.8) is 0 Å². The van der Waals surface area contributed by atoms with E-state index in [2.05, 4.69) is 4.72 Å². The number of methoxy groups -OCH3 is 1. The standard InChI is InChI=1S/C24H37N3O7S/c1-16-13-27(23(28)18-8-10-33-11-9-18)17(2)15-34-21-12-19(25-35(5,30)31)6-7-20(21)24(29)26(3)14-22(16)32-4/h6-7,12,16-18,22,25H,8-11,13-15H2,1-5H3/t16-,17-,22+/m1/s1. The Balaban J connectivity index is 1.96. The number of nitrogens with zero attached hydrogens (tertiary/aromatic N) is 2. The van der Waals surface area contributed by atoms with E-state index in [1.54, 1.807) is 25.1 Å². The molecule has 0 radical (unpaired) electrons. The van der Waals surface area contributed by atoms with Crippen molar-refractivity contribution < 1.29 is 32.2 Å². The Morgan fingerprint density at radius 2 is 1.86 bits per heavy atom. The summed E-state index contributed by atoms with van der Waals surface area (Å²) in [4.78, 5) is 30.2. The van der Waals surface area contributed by atoms with Crippen LogP contribution in [-0.2, 0) is 24.3 Å². The van der Waals surface area contributed by atoms with Gasteiger partial charge in [-0.3, -0.25) is 14.3 Å². The van der Waals surface area contributed by atoms with Crippen LogP contribution in [0.1, 0.15) is 37.0 Å². The first-order valence-corrected chi connectivity index (χ1v) is 13.8. The van der Waals surface area contributed by atoms with E-state index in [9.17, 15) is 18.0 Å². The molecule has 1 fully saturated rings. The minimum Gasteiger partial charge on any atom is -0.491 e. The normalized spacial score (nSPS) is 25.2. The molecule has 2 aliphatic rings. The number of fused-ring (bicyclic) bond motifs is 1. The van der Waals surface area contributed by atoms with Gasteiger partial charge in [0.15, 0.2) is 0 Å². The second-order valence-corrected chi connectivity index (χ2v) is 11.3. The summed E-state index contributed by atoms with van der Waals surface area (Å²) >= 11 is 0. The molecule has 0 saturated carbocycles. The van der Waals surface area contributed by atoms with Gasteiger partial charge >= 0.3 is 0 Å². The van der Waals surface area contributed by atoms with E-state index in [-0.39, 0.29) is 48.2 Å². The molecule has 1 aromatic carbocycles. The number of anilines is 1. The van der Waals surface area contributed by atoms with E-state index >= 15 is 0 Å². The fourth-order valence-electron chi connectivity index (χ4n) is 4.54. The third-order valence-corrected chi connectivity index (χ3v) is 7.21. The monoisotopic (exact) mass is 511 g/mol. The van der Waals surface area contributed by atoms with Crippen LogP contribution < -0.4 is 9.46 Å². The zero-order chi connectivity index (χ0) is 25.8. The number of hydrogen-bond acceptors (Lipinski definition) is 7. The van der Waals surface area contributed by atoms with Crippen molar-refractivity contribution in [1.82, 2.24) is 9.80 Å². The van der Waals surface area contributed by atoms with Crippen LogP contribution in [0, 0.1) is 11.8 Å². The summed E-state index contributed by atoms with van der Waals surface area (Å²) in [6, 6.07) is 4.30. The summed E-state index contributed by atoms with van der Waals surface area (Å²) < 4.78 is 43.1. The highest BCUT2D eigenvalue weighted by atomic mass is 32.2. The van der Waals surface area contributed by atoms with Crippen molar-refractivity contribution in [1.29, 1.82) is 0 Å². The van der Waals surface area contributed by atoms with Crippen LogP contribution >= 0.6 is 0 Å². The summed E-state index contributed by atoms with van der Waals surface area (Å²) in [6.07, 6.45) is 2.15.